The summed E-state index contributed by atoms with van der Waals surface area (Å²) >= 11 is 1.45. The lowest BCUT2D eigenvalue weighted by molar-refractivity contribution is 0.596. The summed E-state index contributed by atoms with van der Waals surface area (Å²) in [6.07, 6.45) is 5.41. The average molecular weight is 559 g/mol. The quantitative estimate of drug-likeness (QED) is 0.320. The first kappa shape index (κ1) is 26.6. The molecule has 0 amide bonds. The third-order valence-corrected chi connectivity index (χ3v) is 9.22. The van der Waals surface area contributed by atoms with Gasteiger partial charge in [-0.1, -0.05) is 26.0 Å². The molecule has 0 unspecified atom stereocenters. The molecule has 0 radical (unpaired) electrons. The Balaban J connectivity index is 1.78. The molecular weight excluding hydrogens is 533 g/mol. The average Bonchev–Trinajstić information content (AvgIpc) is 3.30. The normalized spacial score (nSPS) is 12.0. The molecule has 194 valence electrons. The van der Waals surface area contributed by atoms with E-state index in [0.29, 0.717) is 22.6 Å². The second-order valence-corrected chi connectivity index (χ2v) is 13.0. The zero-order valence-corrected chi connectivity index (χ0v) is 23.1. The van der Waals surface area contributed by atoms with Gasteiger partial charge in [0.1, 0.15) is 4.90 Å². The Kier molecular flexibility index (Phi) is 7.57. The van der Waals surface area contributed by atoms with E-state index < -0.39 is 20.0 Å². The summed E-state index contributed by atoms with van der Waals surface area (Å²) in [5, 5.41) is 0.863. The number of hydrogen-bond donors (Lipinski definition) is 1. The molecule has 4 aromatic rings. The van der Waals surface area contributed by atoms with Crippen molar-refractivity contribution in [3.63, 3.8) is 0 Å². The molecule has 3 heterocycles. The van der Waals surface area contributed by atoms with Crippen molar-refractivity contribution in [3.8, 4) is 21.8 Å². The van der Waals surface area contributed by atoms with Crippen molar-refractivity contribution in [2.45, 2.75) is 31.6 Å². The first-order chi connectivity index (χ1) is 17.5. The Labute approximate surface area is 220 Å². The number of sulfonamides is 2. The lowest BCUT2D eigenvalue weighted by atomic mass is 10.1. The van der Waals surface area contributed by atoms with Crippen LogP contribution in [-0.2, 0) is 20.0 Å². The van der Waals surface area contributed by atoms with Gasteiger partial charge in [-0.3, -0.25) is 9.71 Å². The third-order valence-electron chi connectivity index (χ3n) is 5.26. The smallest absolute Gasteiger partial charge is 0.263 e. The highest BCUT2D eigenvalue weighted by atomic mass is 32.2. The molecule has 0 fully saturated rings. The number of nitrogens with one attached hydrogen (secondary N) is 1. The molecule has 0 saturated heterocycles. The van der Waals surface area contributed by atoms with Crippen LogP contribution in [0.25, 0.3) is 21.8 Å². The van der Waals surface area contributed by atoms with Gasteiger partial charge in [0.05, 0.1) is 27.5 Å². The molecule has 10 nitrogen and oxygen atoms in total. The molecule has 4 rings (SSSR count). The van der Waals surface area contributed by atoms with Crippen LogP contribution in [0.2, 0.25) is 0 Å². The van der Waals surface area contributed by atoms with Crippen LogP contribution in [0.5, 0.6) is 0 Å². The Morgan fingerprint density at radius 1 is 1.03 bits per heavy atom. The number of rotatable bonds is 9. The molecule has 0 bridgehead atoms. The van der Waals surface area contributed by atoms with Crippen LogP contribution in [-0.4, -0.2) is 49.6 Å². The second kappa shape index (κ2) is 10.5. The summed E-state index contributed by atoms with van der Waals surface area (Å²) < 4.78 is 53.8. The highest BCUT2D eigenvalue weighted by Gasteiger charge is 2.22. The van der Waals surface area contributed by atoms with Crippen molar-refractivity contribution in [1.82, 2.24) is 19.9 Å². The molecule has 13 heteroatoms. The molecule has 1 N–H and O–H groups in total. The number of benzene rings is 1. The second-order valence-electron chi connectivity index (χ2n) is 8.43. The summed E-state index contributed by atoms with van der Waals surface area (Å²) in [6, 6.07) is 11.7. The van der Waals surface area contributed by atoms with Crippen molar-refractivity contribution >= 4 is 43.0 Å². The molecule has 37 heavy (non-hydrogen) atoms. The van der Waals surface area contributed by atoms with Gasteiger partial charge < -0.3 is 0 Å². The maximum absolute atomic E-state index is 12.8. The van der Waals surface area contributed by atoms with Crippen molar-refractivity contribution in [2.24, 2.45) is 0 Å². The van der Waals surface area contributed by atoms with Gasteiger partial charge in [-0.25, -0.2) is 36.1 Å². The van der Waals surface area contributed by atoms with Crippen LogP contribution >= 0.6 is 11.3 Å². The molecular formula is C24H26N6O4S3. The zero-order chi connectivity index (χ0) is 26.8. The molecule has 0 aliphatic carbocycles. The van der Waals surface area contributed by atoms with Crippen molar-refractivity contribution < 1.29 is 16.8 Å². The summed E-state index contributed by atoms with van der Waals surface area (Å²) in [7, 11) is -7.39. The summed E-state index contributed by atoms with van der Waals surface area (Å²) in [6.45, 7) is 5.95. The van der Waals surface area contributed by atoms with Gasteiger partial charge in [0.15, 0.2) is 0 Å². The first-order valence-corrected chi connectivity index (χ1v) is 15.5. The van der Waals surface area contributed by atoms with Gasteiger partial charge in [0.2, 0.25) is 16.0 Å². The number of aromatic nitrogens is 4. The van der Waals surface area contributed by atoms with E-state index in [4.69, 9.17) is 4.98 Å². The Bertz CT molecular complexity index is 1620. The number of nitrogens with zero attached hydrogens (tertiary/aromatic N) is 5. The number of pyridine rings is 1. The fourth-order valence-electron chi connectivity index (χ4n) is 3.52. The van der Waals surface area contributed by atoms with Gasteiger partial charge in [-0.05, 0) is 37.3 Å². The van der Waals surface area contributed by atoms with E-state index in [2.05, 4.69) is 19.7 Å². The highest BCUT2D eigenvalue weighted by Crippen LogP contribution is 2.39. The molecule has 0 atom stereocenters. The van der Waals surface area contributed by atoms with E-state index in [1.807, 2.05) is 19.9 Å². The Hall–Kier alpha value is -3.42. The molecule has 0 aliphatic heterocycles. The number of hydrogen-bond acceptors (Lipinski definition) is 9. The summed E-state index contributed by atoms with van der Waals surface area (Å²) in [5.74, 6) is 0.208. The van der Waals surface area contributed by atoms with E-state index in [1.54, 1.807) is 37.3 Å². The van der Waals surface area contributed by atoms with Crippen LogP contribution in [0.3, 0.4) is 0 Å². The largest absolute Gasteiger partial charge is 0.280 e. The van der Waals surface area contributed by atoms with Crippen LogP contribution < -0.4 is 9.03 Å². The third kappa shape index (κ3) is 5.95. The topological polar surface area (TPSA) is 135 Å². The molecule has 1 aromatic carbocycles. The van der Waals surface area contributed by atoms with E-state index in [1.165, 1.54) is 36.0 Å². The fourth-order valence-corrected chi connectivity index (χ4v) is 6.45. The van der Waals surface area contributed by atoms with Gasteiger partial charge in [-0.2, -0.15) is 0 Å². The number of thiazole rings is 1. The van der Waals surface area contributed by atoms with Gasteiger partial charge in [0, 0.05) is 42.3 Å². The SMILES string of the molecule is CCN(c1nccc(-c2sc(C(C)C)nc2-c2cccc(NS(=O)(=O)c3cccnc3)c2)n1)S(C)(=O)=O. The van der Waals surface area contributed by atoms with Gasteiger partial charge in [-0.15, -0.1) is 11.3 Å². The molecule has 0 spiro atoms. The minimum atomic E-state index is -3.83. The minimum Gasteiger partial charge on any atom is -0.280 e. The van der Waals surface area contributed by atoms with Crippen LogP contribution in [0, 0.1) is 0 Å². The maximum atomic E-state index is 12.8. The summed E-state index contributed by atoms with van der Waals surface area (Å²) in [5.41, 5.74) is 2.18. The molecule has 0 saturated carbocycles. The predicted octanol–water partition coefficient (Wildman–Crippen LogP) is 4.37. The number of anilines is 2. The van der Waals surface area contributed by atoms with Crippen LogP contribution in [0.1, 0.15) is 31.7 Å². The highest BCUT2D eigenvalue weighted by molar-refractivity contribution is 7.92. The van der Waals surface area contributed by atoms with Crippen molar-refractivity contribution in [1.29, 1.82) is 0 Å². The monoisotopic (exact) mass is 558 g/mol. The van der Waals surface area contributed by atoms with Crippen LogP contribution in [0.4, 0.5) is 11.6 Å². The standard InChI is InChI=1S/C24H26N6O4S3/c1-5-30(36(4,31)32)24-26-13-11-20(27-24)22-21(28-23(35-22)16(2)3)17-8-6-9-18(14-17)29-37(33,34)19-10-7-12-25-15-19/h6-16,29H,5H2,1-4H3. The van der Waals surface area contributed by atoms with Crippen molar-refractivity contribution in [3.05, 3.63) is 66.1 Å². The summed E-state index contributed by atoms with van der Waals surface area (Å²) in [4.78, 5) is 18.2. The minimum absolute atomic E-state index is 0.0525. The first-order valence-electron chi connectivity index (χ1n) is 11.3. The Morgan fingerprint density at radius 3 is 2.46 bits per heavy atom. The van der Waals surface area contributed by atoms with E-state index in [0.717, 1.165) is 20.4 Å². The molecule has 3 aromatic heterocycles. The zero-order valence-electron chi connectivity index (χ0n) is 20.7. The lowest BCUT2D eigenvalue weighted by Crippen LogP contribution is -2.31. The van der Waals surface area contributed by atoms with Crippen LogP contribution in [0.15, 0.2) is 66.0 Å². The van der Waals surface area contributed by atoms with E-state index in [-0.39, 0.29) is 23.3 Å². The van der Waals surface area contributed by atoms with E-state index >= 15 is 0 Å². The van der Waals surface area contributed by atoms with Crippen molar-refractivity contribution in [2.75, 3.05) is 21.8 Å². The fraction of sp³-hybridized carbons (Fsp3) is 0.250. The Morgan fingerprint density at radius 2 is 1.81 bits per heavy atom. The predicted molar refractivity (Wildman–Crippen MR) is 146 cm³/mol. The van der Waals surface area contributed by atoms with E-state index in [9.17, 15) is 16.8 Å². The van der Waals surface area contributed by atoms with Gasteiger partial charge in [0.25, 0.3) is 10.0 Å². The lowest BCUT2D eigenvalue weighted by Gasteiger charge is -2.18. The van der Waals surface area contributed by atoms with Gasteiger partial charge >= 0.3 is 0 Å². The maximum Gasteiger partial charge on any atom is 0.263 e. The molecule has 0 aliphatic rings.